The Bertz CT molecular complexity index is 1070. The first-order valence-electron chi connectivity index (χ1n) is 9.43. The fraction of sp³-hybridized carbons (Fsp3) is 0.273. The lowest BCUT2D eigenvalue weighted by Gasteiger charge is -2.15. The largest absolute Gasteiger partial charge is 0.344 e. The summed E-state index contributed by atoms with van der Waals surface area (Å²) in [6, 6.07) is 16.3. The number of hydrogen-bond acceptors (Lipinski definition) is 5. The fourth-order valence-corrected chi connectivity index (χ4v) is 4.20. The van der Waals surface area contributed by atoms with Crippen molar-refractivity contribution in [1.29, 1.82) is 5.26 Å². The van der Waals surface area contributed by atoms with Crippen LogP contribution in [0, 0.1) is 25.2 Å². The van der Waals surface area contributed by atoms with Crippen LogP contribution in [0.1, 0.15) is 17.5 Å². The fourth-order valence-electron chi connectivity index (χ4n) is 3.04. The summed E-state index contributed by atoms with van der Waals surface area (Å²) < 4.78 is 2.99. The van der Waals surface area contributed by atoms with Crippen LogP contribution in [-0.4, -0.2) is 44.9 Å². The maximum Gasteiger partial charge on any atom is 0.232 e. The second-order valence-corrected chi connectivity index (χ2v) is 8.86. The molecule has 0 saturated heterocycles. The van der Waals surface area contributed by atoms with Gasteiger partial charge in [-0.2, -0.15) is 5.26 Å². The molecule has 1 aromatic heterocycles. The number of aromatic nitrogens is 3. The van der Waals surface area contributed by atoms with E-state index >= 15 is 0 Å². The summed E-state index contributed by atoms with van der Waals surface area (Å²) in [7, 11) is 1.71. The number of benzene rings is 2. The molecular formula is C22H22BrN5OS. The molecule has 154 valence electrons. The van der Waals surface area contributed by atoms with Crippen LogP contribution in [0.25, 0.3) is 17.1 Å². The summed E-state index contributed by atoms with van der Waals surface area (Å²) in [6.07, 6.45) is 0.319. The first-order chi connectivity index (χ1) is 14.4. The minimum atomic E-state index is -0.0459. The highest BCUT2D eigenvalue weighted by molar-refractivity contribution is 9.10. The third-order valence-corrected chi connectivity index (χ3v) is 5.95. The molecule has 0 aliphatic heterocycles. The van der Waals surface area contributed by atoms with Gasteiger partial charge in [-0.05, 0) is 49.2 Å². The van der Waals surface area contributed by atoms with Gasteiger partial charge in [0.05, 0.1) is 23.9 Å². The lowest BCUT2D eigenvalue weighted by Crippen LogP contribution is -2.29. The highest BCUT2D eigenvalue weighted by Gasteiger charge is 2.19. The van der Waals surface area contributed by atoms with E-state index in [4.69, 9.17) is 5.26 Å². The quantitative estimate of drug-likeness (QED) is 0.452. The van der Waals surface area contributed by atoms with Crippen molar-refractivity contribution < 1.29 is 4.79 Å². The average molecular weight is 484 g/mol. The third kappa shape index (κ3) is 5.29. The lowest BCUT2D eigenvalue weighted by atomic mass is 10.1. The zero-order chi connectivity index (χ0) is 21.7. The Labute approximate surface area is 189 Å². The molecule has 1 heterocycles. The van der Waals surface area contributed by atoms with E-state index in [1.807, 2.05) is 28.8 Å². The Balaban J connectivity index is 1.96. The number of thioether (sulfide) groups is 1. The van der Waals surface area contributed by atoms with Crippen molar-refractivity contribution in [3.63, 3.8) is 0 Å². The summed E-state index contributed by atoms with van der Waals surface area (Å²) in [5.74, 6) is 0.904. The van der Waals surface area contributed by atoms with Gasteiger partial charge in [-0.15, -0.1) is 10.2 Å². The number of nitriles is 1. The van der Waals surface area contributed by atoms with Gasteiger partial charge in [-0.3, -0.25) is 9.36 Å². The predicted octanol–water partition coefficient (Wildman–Crippen LogP) is 4.78. The van der Waals surface area contributed by atoms with Crippen LogP contribution in [0.4, 0.5) is 0 Å². The second kappa shape index (κ2) is 9.92. The third-order valence-electron chi connectivity index (χ3n) is 4.51. The minimum Gasteiger partial charge on any atom is -0.344 e. The van der Waals surface area contributed by atoms with Crippen molar-refractivity contribution in [2.45, 2.75) is 25.4 Å². The normalized spacial score (nSPS) is 10.6. The van der Waals surface area contributed by atoms with Crippen LogP contribution in [0.15, 0.2) is 52.1 Å². The second-order valence-electron chi connectivity index (χ2n) is 7.01. The molecular weight excluding hydrogens is 462 g/mol. The molecule has 0 N–H and O–H groups in total. The van der Waals surface area contributed by atoms with Crippen molar-refractivity contribution in [3.05, 3.63) is 58.1 Å². The van der Waals surface area contributed by atoms with Crippen molar-refractivity contribution >= 4 is 33.6 Å². The maximum absolute atomic E-state index is 12.4. The number of carbonyl (C=O) groups is 1. The van der Waals surface area contributed by atoms with E-state index < -0.39 is 0 Å². The van der Waals surface area contributed by atoms with Gasteiger partial charge in [0.15, 0.2) is 11.0 Å². The maximum atomic E-state index is 12.4. The molecule has 3 aromatic rings. The molecule has 0 aliphatic carbocycles. The van der Waals surface area contributed by atoms with E-state index in [1.54, 1.807) is 11.9 Å². The number of carbonyl (C=O) groups excluding carboxylic acids is 1. The number of nitrogens with zero attached hydrogens (tertiary/aromatic N) is 5. The first kappa shape index (κ1) is 22.1. The summed E-state index contributed by atoms with van der Waals surface area (Å²) in [5.41, 5.74) is 4.19. The highest BCUT2D eigenvalue weighted by Crippen LogP contribution is 2.29. The molecule has 0 atom stereocenters. The SMILES string of the molecule is Cc1cc(C)cc(-n2c(SCC(=O)N(C)CCC#N)nnc2-c2ccc(Br)cc2)c1. The van der Waals surface area contributed by atoms with Gasteiger partial charge in [0, 0.05) is 23.6 Å². The lowest BCUT2D eigenvalue weighted by molar-refractivity contribution is -0.127. The Morgan fingerprint density at radius 1 is 1.17 bits per heavy atom. The van der Waals surface area contributed by atoms with E-state index in [2.05, 4.69) is 64.2 Å². The molecule has 0 unspecified atom stereocenters. The molecule has 0 aliphatic rings. The van der Waals surface area contributed by atoms with Gasteiger partial charge >= 0.3 is 0 Å². The molecule has 0 radical (unpaired) electrons. The van der Waals surface area contributed by atoms with Crippen molar-refractivity contribution in [2.24, 2.45) is 0 Å². The van der Waals surface area contributed by atoms with Crippen LogP contribution in [0.3, 0.4) is 0 Å². The number of rotatable bonds is 7. The summed E-state index contributed by atoms with van der Waals surface area (Å²) in [6.45, 7) is 4.53. The molecule has 8 heteroatoms. The van der Waals surface area contributed by atoms with Gasteiger partial charge in [-0.1, -0.05) is 45.9 Å². The minimum absolute atomic E-state index is 0.0459. The van der Waals surface area contributed by atoms with Crippen molar-refractivity contribution in [1.82, 2.24) is 19.7 Å². The molecule has 0 bridgehead atoms. The van der Waals surface area contributed by atoms with Crippen molar-refractivity contribution in [3.8, 4) is 23.1 Å². The van der Waals surface area contributed by atoms with Gasteiger partial charge in [0.2, 0.25) is 5.91 Å². The van der Waals surface area contributed by atoms with Crippen LogP contribution < -0.4 is 0 Å². The van der Waals surface area contributed by atoms with Gasteiger partial charge in [0.1, 0.15) is 0 Å². The topological polar surface area (TPSA) is 74.8 Å². The number of amides is 1. The van der Waals surface area contributed by atoms with E-state index in [1.165, 1.54) is 11.8 Å². The van der Waals surface area contributed by atoms with E-state index in [-0.39, 0.29) is 11.7 Å². The summed E-state index contributed by atoms with van der Waals surface area (Å²) in [5, 5.41) is 18.2. The number of halogens is 1. The molecule has 30 heavy (non-hydrogen) atoms. The molecule has 6 nitrogen and oxygen atoms in total. The van der Waals surface area contributed by atoms with Crippen LogP contribution >= 0.6 is 27.7 Å². The smallest absolute Gasteiger partial charge is 0.232 e. The summed E-state index contributed by atoms with van der Waals surface area (Å²) >= 11 is 4.82. The van der Waals surface area contributed by atoms with Crippen molar-refractivity contribution in [2.75, 3.05) is 19.3 Å². The molecule has 0 saturated carbocycles. The summed E-state index contributed by atoms with van der Waals surface area (Å²) in [4.78, 5) is 14.0. The Kier molecular flexibility index (Phi) is 7.29. The van der Waals surface area contributed by atoms with Gasteiger partial charge in [-0.25, -0.2) is 0 Å². The zero-order valence-corrected chi connectivity index (χ0v) is 19.5. The van der Waals surface area contributed by atoms with E-state index in [0.717, 1.165) is 32.7 Å². The molecule has 2 aromatic carbocycles. The molecule has 0 spiro atoms. The Morgan fingerprint density at radius 2 is 1.83 bits per heavy atom. The Morgan fingerprint density at radius 3 is 2.47 bits per heavy atom. The monoisotopic (exact) mass is 483 g/mol. The van der Waals surface area contributed by atoms with Crippen LogP contribution in [0.2, 0.25) is 0 Å². The van der Waals surface area contributed by atoms with Gasteiger partial charge < -0.3 is 4.90 Å². The highest BCUT2D eigenvalue weighted by atomic mass is 79.9. The van der Waals surface area contributed by atoms with Gasteiger partial charge in [0.25, 0.3) is 0 Å². The van der Waals surface area contributed by atoms with E-state index in [0.29, 0.717) is 18.1 Å². The number of hydrogen-bond donors (Lipinski definition) is 0. The molecule has 1 amide bonds. The average Bonchev–Trinajstić information content (AvgIpc) is 3.14. The Hall–Kier alpha value is -2.63. The zero-order valence-electron chi connectivity index (χ0n) is 17.1. The number of aryl methyl sites for hydroxylation is 2. The molecule has 0 fully saturated rings. The van der Waals surface area contributed by atoms with E-state index in [9.17, 15) is 4.79 Å². The van der Waals surface area contributed by atoms with Crippen LogP contribution in [0.5, 0.6) is 0 Å². The predicted molar refractivity (Wildman–Crippen MR) is 123 cm³/mol. The van der Waals surface area contributed by atoms with Crippen LogP contribution in [-0.2, 0) is 4.79 Å². The molecule has 3 rings (SSSR count). The standard InChI is InChI=1S/C22H22BrN5OS/c1-15-11-16(2)13-19(12-15)28-21(17-5-7-18(23)8-6-17)25-26-22(28)30-14-20(29)27(3)10-4-9-24/h5-8,11-13H,4,10,14H2,1-3H3. The first-order valence-corrected chi connectivity index (χ1v) is 11.2.